The predicted octanol–water partition coefficient (Wildman–Crippen LogP) is 7.20. The summed E-state index contributed by atoms with van der Waals surface area (Å²) in [5, 5.41) is 33.1. The van der Waals surface area contributed by atoms with E-state index in [-0.39, 0.29) is 12.5 Å². The zero-order valence-corrected chi connectivity index (χ0v) is 23.5. The van der Waals surface area contributed by atoms with Crippen molar-refractivity contribution in [2.24, 2.45) is 0 Å². The Morgan fingerprint density at radius 3 is 1.37 bits per heavy atom. The zero-order chi connectivity index (χ0) is 26.0. The minimum atomic E-state index is -1.13. The average molecular weight is 500 g/mol. The maximum Gasteiger partial charge on any atom is 0.220 e. The number of amides is 1. The van der Waals surface area contributed by atoms with Gasteiger partial charge in [-0.2, -0.15) is 0 Å². The number of carbonyl (C=O) groups is 1. The van der Waals surface area contributed by atoms with Crippen molar-refractivity contribution in [1.82, 2.24) is 5.32 Å². The first-order valence-corrected chi connectivity index (χ1v) is 15.3. The van der Waals surface area contributed by atoms with E-state index in [1.165, 1.54) is 96.3 Å². The molecule has 1 amide bonds. The summed E-state index contributed by atoms with van der Waals surface area (Å²) in [5.41, 5.74) is 0. The van der Waals surface area contributed by atoms with Gasteiger partial charge in [0.2, 0.25) is 5.91 Å². The van der Waals surface area contributed by atoms with Crippen LogP contribution < -0.4 is 5.32 Å². The van der Waals surface area contributed by atoms with Gasteiger partial charge in [-0.05, 0) is 12.8 Å². The second-order valence-electron chi connectivity index (χ2n) is 10.7. The van der Waals surface area contributed by atoms with Gasteiger partial charge in [-0.15, -0.1) is 0 Å². The topological polar surface area (TPSA) is 89.8 Å². The normalized spacial score (nSPS) is 14.1. The molecule has 0 rings (SSSR count). The molecule has 0 heterocycles. The number of unbranched alkanes of at least 4 members (excludes halogenated alkanes) is 19. The minimum absolute atomic E-state index is 0.149. The van der Waals surface area contributed by atoms with E-state index in [4.69, 9.17) is 0 Å². The van der Waals surface area contributed by atoms with Gasteiger partial charge in [0.25, 0.3) is 0 Å². The molecule has 0 radical (unpaired) electrons. The van der Waals surface area contributed by atoms with Crippen molar-refractivity contribution >= 4 is 5.91 Å². The zero-order valence-electron chi connectivity index (χ0n) is 23.5. The fourth-order valence-corrected chi connectivity index (χ4v) is 4.75. The van der Waals surface area contributed by atoms with Gasteiger partial charge in [-0.3, -0.25) is 4.79 Å². The highest BCUT2D eigenvalue weighted by Crippen LogP contribution is 2.15. The largest absolute Gasteiger partial charge is 0.394 e. The van der Waals surface area contributed by atoms with Crippen molar-refractivity contribution in [3.05, 3.63) is 0 Å². The standard InChI is InChI=1S/C30H61NO4/c1-3-5-7-9-11-13-14-15-17-18-20-22-24-28(33)30(35)27(26-32)31-29(34)25-23-21-19-16-12-10-8-6-4-2/h27-28,30,32-33,35H,3-26H2,1-2H3,(H,31,34). The summed E-state index contributed by atoms with van der Waals surface area (Å²) in [6.45, 7) is 4.12. The van der Waals surface area contributed by atoms with Crippen molar-refractivity contribution in [1.29, 1.82) is 0 Å². The molecule has 0 aromatic rings. The van der Waals surface area contributed by atoms with Gasteiger partial charge < -0.3 is 20.6 Å². The molecule has 5 nitrogen and oxygen atoms in total. The highest BCUT2D eigenvalue weighted by Gasteiger charge is 2.26. The summed E-state index contributed by atoms with van der Waals surface area (Å²) < 4.78 is 0. The molecule has 0 fully saturated rings. The Bertz CT molecular complexity index is 446. The molecular weight excluding hydrogens is 438 g/mol. The molecule has 3 atom stereocenters. The number of aliphatic hydroxyl groups is 3. The van der Waals surface area contributed by atoms with Crippen LogP contribution in [0.2, 0.25) is 0 Å². The predicted molar refractivity (Wildman–Crippen MR) is 149 cm³/mol. The van der Waals surface area contributed by atoms with E-state index >= 15 is 0 Å². The van der Waals surface area contributed by atoms with Gasteiger partial charge in [0, 0.05) is 6.42 Å². The van der Waals surface area contributed by atoms with E-state index in [9.17, 15) is 20.1 Å². The smallest absolute Gasteiger partial charge is 0.220 e. The summed E-state index contributed by atoms with van der Waals surface area (Å²) in [7, 11) is 0. The maximum absolute atomic E-state index is 12.2. The monoisotopic (exact) mass is 499 g/mol. The van der Waals surface area contributed by atoms with Crippen molar-refractivity contribution in [3.63, 3.8) is 0 Å². The van der Waals surface area contributed by atoms with Crippen LogP contribution in [-0.2, 0) is 4.79 Å². The van der Waals surface area contributed by atoms with Crippen LogP contribution >= 0.6 is 0 Å². The molecule has 0 aromatic carbocycles. The maximum atomic E-state index is 12.2. The van der Waals surface area contributed by atoms with Gasteiger partial charge >= 0.3 is 0 Å². The molecule has 210 valence electrons. The van der Waals surface area contributed by atoms with Gasteiger partial charge in [-0.1, -0.05) is 142 Å². The summed E-state index contributed by atoms with van der Waals surface area (Å²) in [4.78, 5) is 12.2. The number of hydrogen-bond donors (Lipinski definition) is 4. The lowest BCUT2D eigenvalue weighted by atomic mass is 9.99. The second-order valence-corrected chi connectivity index (χ2v) is 10.7. The summed E-state index contributed by atoms with van der Waals surface area (Å²) >= 11 is 0. The van der Waals surface area contributed by atoms with Gasteiger partial charge in [0.15, 0.2) is 0 Å². The van der Waals surface area contributed by atoms with Crippen LogP contribution in [0.3, 0.4) is 0 Å². The lowest BCUT2D eigenvalue weighted by Crippen LogP contribution is -2.50. The molecule has 5 heteroatoms. The first-order chi connectivity index (χ1) is 17.1. The van der Waals surface area contributed by atoms with E-state index in [0.717, 1.165) is 38.5 Å². The highest BCUT2D eigenvalue weighted by molar-refractivity contribution is 5.76. The molecule has 0 aliphatic carbocycles. The number of aliphatic hydroxyl groups excluding tert-OH is 3. The summed E-state index contributed by atoms with van der Waals surface area (Å²) in [6.07, 6.45) is 24.7. The molecule has 0 aliphatic heterocycles. The molecule has 35 heavy (non-hydrogen) atoms. The van der Waals surface area contributed by atoms with E-state index in [1.54, 1.807) is 0 Å². The fraction of sp³-hybridized carbons (Fsp3) is 0.967. The Morgan fingerprint density at radius 2 is 0.971 bits per heavy atom. The average Bonchev–Trinajstić information content (AvgIpc) is 2.86. The van der Waals surface area contributed by atoms with Crippen LogP contribution in [0.15, 0.2) is 0 Å². The van der Waals surface area contributed by atoms with Crippen LogP contribution in [0.1, 0.15) is 162 Å². The Balaban J connectivity index is 3.75. The molecular formula is C30H61NO4. The van der Waals surface area contributed by atoms with Crippen molar-refractivity contribution < 1.29 is 20.1 Å². The first kappa shape index (κ1) is 34.4. The third-order valence-electron chi connectivity index (χ3n) is 7.21. The van der Waals surface area contributed by atoms with E-state index in [2.05, 4.69) is 19.2 Å². The van der Waals surface area contributed by atoms with Gasteiger partial charge in [0.05, 0.1) is 18.8 Å². The third-order valence-corrected chi connectivity index (χ3v) is 7.21. The van der Waals surface area contributed by atoms with Crippen molar-refractivity contribution in [2.45, 2.75) is 180 Å². The van der Waals surface area contributed by atoms with E-state index in [1.807, 2.05) is 0 Å². The summed E-state index contributed by atoms with van der Waals surface area (Å²) in [5.74, 6) is -0.149. The van der Waals surface area contributed by atoms with Gasteiger partial charge in [0.1, 0.15) is 6.10 Å². The summed E-state index contributed by atoms with van der Waals surface area (Å²) in [6, 6.07) is -0.798. The lowest BCUT2D eigenvalue weighted by molar-refractivity contribution is -0.124. The van der Waals surface area contributed by atoms with Crippen LogP contribution in [-0.4, -0.2) is 46.1 Å². The molecule has 3 unspecified atom stereocenters. The molecule has 0 aromatic heterocycles. The Hall–Kier alpha value is -0.650. The Morgan fingerprint density at radius 1 is 0.600 bits per heavy atom. The quantitative estimate of drug-likeness (QED) is 0.0900. The van der Waals surface area contributed by atoms with E-state index in [0.29, 0.717) is 12.8 Å². The van der Waals surface area contributed by atoms with Crippen LogP contribution in [0.25, 0.3) is 0 Å². The molecule has 0 bridgehead atoms. The van der Waals surface area contributed by atoms with Crippen LogP contribution in [0.5, 0.6) is 0 Å². The van der Waals surface area contributed by atoms with Crippen LogP contribution in [0.4, 0.5) is 0 Å². The highest BCUT2D eigenvalue weighted by atomic mass is 16.3. The lowest BCUT2D eigenvalue weighted by Gasteiger charge is -2.26. The number of carbonyl (C=O) groups excluding carboxylic acids is 1. The van der Waals surface area contributed by atoms with E-state index < -0.39 is 18.2 Å². The SMILES string of the molecule is CCCCCCCCCCCCCCC(O)C(O)C(CO)NC(=O)CCCCCCCCCCC. The van der Waals surface area contributed by atoms with Crippen molar-refractivity contribution in [2.75, 3.05) is 6.61 Å². The molecule has 0 aliphatic rings. The number of rotatable bonds is 27. The van der Waals surface area contributed by atoms with Crippen molar-refractivity contribution in [3.8, 4) is 0 Å². The number of nitrogens with one attached hydrogen (secondary N) is 1. The molecule has 0 saturated carbocycles. The Labute approximate surface area is 217 Å². The van der Waals surface area contributed by atoms with Gasteiger partial charge in [-0.25, -0.2) is 0 Å². The fourth-order valence-electron chi connectivity index (χ4n) is 4.75. The number of hydrogen-bond acceptors (Lipinski definition) is 4. The third kappa shape index (κ3) is 22.3. The minimum Gasteiger partial charge on any atom is -0.394 e. The van der Waals surface area contributed by atoms with Crippen LogP contribution in [0, 0.1) is 0 Å². The second kappa shape index (κ2) is 26.4. The molecule has 0 saturated heterocycles. The molecule has 4 N–H and O–H groups in total. The molecule has 0 spiro atoms. The Kier molecular flexibility index (Phi) is 25.9. The first-order valence-electron chi connectivity index (χ1n) is 15.3.